The molecule has 134 valence electrons. The average Bonchev–Trinajstić information content (AvgIpc) is 2.60. The van der Waals surface area contributed by atoms with Crippen molar-refractivity contribution in [2.75, 3.05) is 0 Å². The van der Waals surface area contributed by atoms with Gasteiger partial charge in [0.2, 0.25) is 5.78 Å². The standard InChI is InChI=1S/C22H16O5/c1-10-3-5-12(6-4-10)17-16(24)9-14-19(21(17)26)22(27)18-13(20(14)25)7-11(2)8-15(18)23/h3-9,23-24,26H,1-2H3. The first-order chi connectivity index (χ1) is 12.8. The second-order valence-electron chi connectivity index (χ2n) is 6.77. The van der Waals surface area contributed by atoms with Crippen LogP contribution in [0.4, 0.5) is 0 Å². The number of rotatable bonds is 1. The number of hydrogen-bond acceptors (Lipinski definition) is 5. The Morgan fingerprint density at radius 3 is 1.89 bits per heavy atom. The van der Waals surface area contributed by atoms with E-state index in [4.69, 9.17) is 0 Å². The normalized spacial score (nSPS) is 12.7. The summed E-state index contributed by atoms with van der Waals surface area (Å²) in [5.74, 6) is -2.25. The number of fused-ring (bicyclic) bond motifs is 2. The highest BCUT2D eigenvalue weighted by molar-refractivity contribution is 6.31. The molecule has 3 N–H and O–H groups in total. The fourth-order valence-electron chi connectivity index (χ4n) is 3.52. The van der Waals surface area contributed by atoms with Gasteiger partial charge in [0, 0.05) is 11.1 Å². The van der Waals surface area contributed by atoms with E-state index < -0.39 is 17.3 Å². The summed E-state index contributed by atoms with van der Waals surface area (Å²) >= 11 is 0. The van der Waals surface area contributed by atoms with E-state index in [0.717, 1.165) is 5.56 Å². The van der Waals surface area contributed by atoms with Gasteiger partial charge in [-0.2, -0.15) is 0 Å². The number of aromatic hydroxyl groups is 3. The molecular weight excluding hydrogens is 344 g/mol. The zero-order valence-electron chi connectivity index (χ0n) is 14.7. The zero-order chi connectivity index (χ0) is 19.5. The molecule has 0 spiro atoms. The first kappa shape index (κ1) is 16.8. The second kappa shape index (κ2) is 5.71. The van der Waals surface area contributed by atoms with Gasteiger partial charge in [0.25, 0.3) is 0 Å². The molecule has 0 amide bonds. The molecule has 0 aliphatic heterocycles. The summed E-state index contributed by atoms with van der Waals surface area (Å²) < 4.78 is 0. The molecular formula is C22H16O5. The molecule has 0 fully saturated rings. The molecule has 0 unspecified atom stereocenters. The largest absolute Gasteiger partial charge is 0.507 e. The Morgan fingerprint density at radius 2 is 1.22 bits per heavy atom. The molecule has 1 aliphatic rings. The van der Waals surface area contributed by atoms with Gasteiger partial charge in [-0.25, -0.2) is 0 Å². The SMILES string of the molecule is Cc1ccc(-c2c(O)cc3c(c2O)C(=O)c2c(O)cc(C)cc2C3=O)cc1. The van der Waals surface area contributed by atoms with Crippen molar-refractivity contribution in [3.8, 4) is 28.4 Å². The van der Waals surface area contributed by atoms with Crippen molar-refractivity contribution in [3.63, 3.8) is 0 Å². The molecule has 0 saturated carbocycles. The molecule has 1 aliphatic carbocycles. The molecule has 4 rings (SSSR count). The summed E-state index contributed by atoms with van der Waals surface area (Å²) in [4.78, 5) is 25.9. The minimum atomic E-state index is -0.650. The van der Waals surface area contributed by atoms with Crippen LogP contribution in [-0.4, -0.2) is 26.9 Å². The Kier molecular flexibility index (Phi) is 3.56. The number of phenolic OH excluding ortho intramolecular Hbond substituents is 3. The van der Waals surface area contributed by atoms with E-state index in [1.807, 2.05) is 19.1 Å². The third-order valence-electron chi connectivity index (χ3n) is 4.83. The van der Waals surface area contributed by atoms with Gasteiger partial charge >= 0.3 is 0 Å². The van der Waals surface area contributed by atoms with Crippen LogP contribution < -0.4 is 0 Å². The molecule has 0 radical (unpaired) electrons. The topological polar surface area (TPSA) is 94.8 Å². The van der Waals surface area contributed by atoms with Gasteiger partial charge in [0.15, 0.2) is 5.78 Å². The van der Waals surface area contributed by atoms with Crippen molar-refractivity contribution in [2.45, 2.75) is 13.8 Å². The van der Waals surface area contributed by atoms with E-state index in [0.29, 0.717) is 11.1 Å². The highest BCUT2D eigenvalue weighted by Gasteiger charge is 2.36. The molecule has 0 bridgehead atoms. The van der Waals surface area contributed by atoms with Gasteiger partial charge in [0.1, 0.15) is 17.2 Å². The van der Waals surface area contributed by atoms with Crippen LogP contribution >= 0.6 is 0 Å². The van der Waals surface area contributed by atoms with E-state index in [-0.39, 0.29) is 39.3 Å². The number of hydrogen-bond donors (Lipinski definition) is 3. The predicted octanol–water partition coefficient (Wildman–Crippen LogP) is 3.86. The molecule has 5 heteroatoms. The lowest BCUT2D eigenvalue weighted by molar-refractivity contribution is 0.0974. The summed E-state index contributed by atoms with van der Waals surface area (Å²) in [5.41, 5.74) is 1.85. The van der Waals surface area contributed by atoms with Crippen LogP contribution in [0, 0.1) is 13.8 Å². The number of ketones is 2. The van der Waals surface area contributed by atoms with Crippen molar-refractivity contribution >= 4 is 11.6 Å². The van der Waals surface area contributed by atoms with Crippen molar-refractivity contribution in [1.82, 2.24) is 0 Å². The first-order valence-electron chi connectivity index (χ1n) is 8.38. The number of aryl methyl sites for hydroxylation is 2. The summed E-state index contributed by atoms with van der Waals surface area (Å²) in [6, 6.07) is 11.1. The van der Waals surface area contributed by atoms with Crippen LogP contribution in [0.15, 0.2) is 42.5 Å². The fourth-order valence-corrected chi connectivity index (χ4v) is 3.52. The lowest BCUT2D eigenvalue weighted by atomic mass is 9.80. The molecule has 0 aromatic heterocycles. The van der Waals surface area contributed by atoms with Crippen molar-refractivity contribution < 1.29 is 24.9 Å². The maximum absolute atomic E-state index is 13.0. The van der Waals surface area contributed by atoms with Crippen LogP contribution in [0.5, 0.6) is 17.2 Å². The van der Waals surface area contributed by atoms with Crippen LogP contribution in [0.3, 0.4) is 0 Å². The number of carbonyl (C=O) groups is 2. The minimum absolute atomic E-state index is 0.0619. The lowest BCUT2D eigenvalue weighted by Crippen LogP contribution is -2.21. The quantitative estimate of drug-likeness (QED) is 0.479. The Balaban J connectivity index is 2.02. The van der Waals surface area contributed by atoms with Crippen LogP contribution in [-0.2, 0) is 0 Å². The van der Waals surface area contributed by atoms with Crippen molar-refractivity contribution in [3.05, 3.63) is 75.8 Å². The minimum Gasteiger partial charge on any atom is -0.507 e. The predicted molar refractivity (Wildman–Crippen MR) is 99.7 cm³/mol. The highest BCUT2D eigenvalue weighted by atomic mass is 16.3. The Labute approximate surface area is 155 Å². The maximum Gasteiger partial charge on any atom is 0.201 e. The van der Waals surface area contributed by atoms with Gasteiger partial charge < -0.3 is 15.3 Å². The Hall–Kier alpha value is -3.60. The summed E-state index contributed by atoms with van der Waals surface area (Å²) in [7, 11) is 0. The van der Waals surface area contributed by atoms with Gasteiger partial charge in [-0.15, -0.1) is 0 Å². The van der Waals surface area contributed by atoms with Crippen molar-refractivity contribution in [1.29, 1.82) is 0 Å². The zero-order valence-corrected chi connectivity index (χ0v) is 14.7. The fraction of sp³-hybridized carbons (Fsp3) is 0.0909. The van der Waals surface area contributed by atoms with Crippen molar-refractivity contribution in [2.24, 2.45) is 0 Å². The number of benzene rings is 3. The second-order valence-corrected chi connectivity index (χ2v) is 6.77. The highest BCUT2D eigenvalue weighted by Crippen LogP contribution is 2.46. The molecule has 0 saturated heterocycles. The van der Waals surface area contributed by atoms with Gasteiger partial charge in [-0.3, -0.25) is 9.59 Å². The summed E-state index contributed by atoms with van der Waals surface area (Å²) in [5, 5.41) is 31.5. The molecule has 0 atom stereocenters. The molecule has 27 heavy (non-hydrogen) atoms. The monoisotopic (exact) mass is 360 g/mol. The van der Waals surface area contributed by atoms with E-state index in [1.54, 1.807) is 19.1 Å². The third-order valence-corrected chi connectivity index (χ3v) is 4.83. The Morgan fingerprint density at radius 1 is 0.630 bits per heavy atom. The third kappa shape index (κ3) is 2.39. The van der Waals surface area contributed by atoms with E-state index >= 15 is 0 Å². The smallest absolute Gasteiger partial charge is 0.201 e. The van der Waals surface area contributed by atoms with E-state index in [9.17, 15) is 24.9 Å². The average molecular weight is 360 g/mol. The molecule has 3 aromatic rings. The number of carbonyl (C=O) groups excluding carboxylic acids is 2. The first-order valence-corrected chi connectivity index (χ1v) is 8.38. The molecule has 3 aromatic carbocycles. The summed E-state index contributed by atoms with van der Waals surface area (Å²) in [6.45, 7) is 3.60. The van der Waals surface area contributed by atoms with Gasteiger partial charge in [-0.1, -0.05) is 29.8 Å². The summed E-state index contributed by atoms with van der Waals surface area (Å²) in [6.07, 6.45) is 0. The number of phenols is 3. The maximum atomic E-state index is 13.0. The van der Waals surface area contributed by atoms with Gasteiger partial charge in [-0.05, 0) is 43.2 Å². The van der Waals surface area contributed by atoms with Gasteiger partial charge in [0.05, 0.1) is 16.7 Å². The van der Waals surface area contributed by atoms with Crippen LogP contribution in [0.25, 0.3) is 11.1 Å². The molecule has 5 nitrogen and oxygen atoms in total. The Bertz CT molecular complexity index is 1140. The van der Waals surface area contributed by atoms with Crippen LogP contribution in [0.2, 0.25) is 0 Å². The van der Waals surface area contributed by atoms with E-state index in [2.05, 4.69) is 0 Å². The van der Waals surface area contributed by atoms with Crippen LogP contribution in [0.1, 0.15) is 43.0 Å². The van der Waals surface area contributed by atoms with E-state index in [1.165, 1.54) is 18.2 Å². The lowest BCUT2D eigenvalue weighted by Gasteiger charge is -2.22. The molecule has 0 heterocycles.